The highest BCUT2D eigenvalue weighted by molar-refractivity contribution is 9.10. The molecule has 0 spiro atoms. The first-order valence-electron chi connectivity index (χ1n) is 12.8. The molecule has 0 radical (unpaired) electrons. The van der Waals surface area contributed by atoms with Gasteiger partial charge in [-0.1, -0.05) is 59.1 Å². The average Bonchev–Trinajstić information content (AvgIpc) is 3.37. The van der Waals surface area contributed by atoms with Crippen LogP contribution >= 0.6 is 27.5 Å². The Hall–Kier alpha value is -2.83. The summed E-state index contributed by atoms with van der Waals surface area (Å²) in [5.74, 6) is -0.100. The summed E-state index contributed by atoms with van der Waals surface area (Å²) in [6.45, 7) is 4.14. The number of ketones is 1. The molecule has 0 aromatic heterocycles. The van der Waals surface area contributed by atoms with E-state index in [0.717, 1.165) is 55.0 Å². The molecule has 1 saturated carbocycles. The lowest BCUT2D eigenvalue weighted by Crippen LogP contribution is -2.20. The summed E-state index contributed by atoms with van der Waals surface area (Å²) in [7, 11) is 0. The molecule has 194 valence electrons. The van der Waals surface area contributed by atoms with Crippen molar-refractivity contribution in [3.8, 4) is 0 Å². The molecule has 0 bridgehead atoms. The standard InChI is InChI=1S/C30H32BrClN2O3/c1-3-4-7-20-10-13-24(19(2)16-20)29(35)25-14-12-22(18-26(25)32)33-27-15-11-21(31)17-28(27)34-30(36)37-23-8-5-6-9-23/h10-18,23,33H,3-9H2,1-2H3,(H,34,36). The number of anilines is 3. The third-order valence-corrected chi connectivity index (χ3v) is 7.45. The van der Waals surface area contributed by atoms with Crippen LogP contribution in [0.2, 0.25) is 5.02 Å². The molecule has 3 aromatic rings. The van der Waals surface area contributed by atoms with E-state index in [4.69, 9.17) is 16.3 Å². The number of carbonyl (C=O) groups excluding carboxylic acids is 2. The molecule has 2 N–H and O–H groups in total. The molecule has 0 unspecified atom stereocenters. The van der Waals surface area contributed by atoms with Crippen LogP contribution in [0.3, 0.4) is 0 Å². The minimum absolute atomic E-state index is 0.0244. The zero-order valence-corrected chi connectivity index (χ0v) is 23.5. The van der Waals surface area contributed by atoms with Gasteiger partial charge >= 0.3 is 6.09 Å². The Kier molecular flexibility index (Phi) is 9.28. The predicted molar refractivity (Wildman–Crippen MR) is 154 cm³/mol. The number of benzene rings is 3. The van der Waals surface area contributed by atoms with Crippen molar-refractivity contribution in [1.82, 2.24) is 0 Å². The summed E-state index contributed by atoms with van der Waals surface area (Å²) in [5.41, 5.74) is 5.25. The molecule has 0 aliphatic heterocycles. The molecule has 37 heavy (non-hydrogen) atoms. The van der Waals surface area contributed by atoms with E-state index in [0.29, 0.717) is 33.2 Å². The Morgan fingerprint density at radius 2 is 1.76 bits per heavy atom. The Labute approximate surface area is 232 Å². The van der Waals surface area contributed by atoms with Crippen LogP contribution in [0.25, 0.3) is 0 Å². The quantitative estimate of drug-likeness (QED) is 0.246. The van der Waals surface area contributed by atoms with Gasteiger partial charge in [-0.25, -0.2) is 4.79 Å². The Morgan fingerprint density at radius 3 is 2.46 bits per heavy atom. The number of ether oxygens (including phenoxy) is 1. The lowest BCUT2D eigenvalue weighted by molar-refractivity contribution is 0.103. The molecule has 1 aliphatic rings. The highest BCUT2D eigenvalue weighted by Gasteiger charge is 2.20. The van der Waals surface area contributed by atoms with Crippen molar-refractivity contribution in [3.63, 3.8) is 0 Å². The lowest BCUT2D eigenvalue weighted by atomic mass is 9.95. The fraction of sp³-hybridized carbons (Fsp3) is 0.333. The van der Waals surface area contributed by atoms with Crippen molar-refractivity contribution in [2.24, 2.45) is 0 Å². The van der Waals surface area contributed by atoms with Crippen LogP contribution < -0.4 is 10.6 Å². The van der Waals surface area contributed by atoms with Gasteiger partial charge in [0, 0.05) is 21.3 Å². The average molecular weight is 584 g/mol. The van der Waals surface area contributed by atoms with E-state index in [1.54, 1.807) is 12.1 Å². The predicted octanol–water partition coefficient (Wildman–Crippen LogP) is 9.22. The summed E-state index contributed by atoms with van der Waals surface area (Å²) in [4.78, 5) is 25.7. The molecule has 3 aromatic carbocycles. The molecule has 0 heterocycles. The smallest absolute Gasteiger partial charge is 0.411 e. The van der Waals surface area contributed by atoms with E-state index in [2.05, 4.69) is 39.6 Å². The number of hydrogen-bond donors (Lipinski definition) is 2. The normalized spacial score (nSPS) is 13.4. The van der Waals surface area contributed by atoms with E-state index < -0.39 is 6.09 Å². The largest absolute Gasteiger partial charge is 0.446 e. The first-order chi connectivity index (χ1) is 17.8. The summed E-state index contributed by atoms with van der Waals surface area (Å²) < 4.78 is 6.37. The number of carbonyl (C=O) groups is 2. The number of amides is 1. The second kappa shape index (κ2) is 12.6. The third kappa shape index (κ3) is 7.14. The zero-order valence-electron chi connectivity index (χ0n) is 21.2. The maximum atomic E-state index is 13.3. The van der Waals surface area contributed by atoms with Gasteiger partial charge in [-0.2, -0.15) is 0 Å². The molecule has 0 saturated heterocycles. The monoisotopic (exact) mass is 582 g/mol. The highest BCUT2D eigenvalue weighted by atomic mass is 79.9. The summed E-state index contributed by atoms with van der Waals surface area (Å²) in [6.07, 6.45) is 6.77. The zero-order chi connectivity index (χ0) is 26.4. The van der Waals surface area contributed by atoms with E-state index in [9.17, 15) is 9.59 Å². The van der Waals surface area contributed by atoms with E-state index in [1.807, 2.05) is 43.3 Å². The third-order valence-electron chi connectivity index (χ3n) is 6.64. The summed E-state index contributed by atoms with van der Waals surface area (Å²) in [6, 6.07) is 16.8. The molecule has 5 nitrogen and oxygen atoms in total. The lowest BCUT2D eigenvalue weighted by Gasteiger charge is -2.16. The van der Waals surface area contributed by atoms with Gasteiger partial charge in [-0.05, 0) is 93.0 Å². The van der Waals surface area contributed by atoms with Gasteiger partial charge in [-0.15, -0.1) is 0 Å². The first kappa shape index (κ1) is 27.2. The molecule has 7 heteroatoms. The Bertz CT molecular complexity index is 1290. The van der Waals surface area contributed by atoms with Crippen molar-refractivity contribution in [1.29, 1.82) is 0 Å². The van der Waals surface area contributed by atoms with E-state index in [-0.39, 0.29) is 11.9 Å². The number of hydrogen-bond acceptors (Lipinski definition) is 4. The minimum Gasteiger partial charge on any atom is -0.446 e. The number of rotatable bonds is 9. The number of unbranched alkanes of at least 4 members (excludes halogenated alkanes) is 1. The molecular formula is C30H32BrClN2O3. The maximum absolute atomic E-state index is 13.3. The van der Waals surface area contributed by atoms with Gasteiger partial charge in [0.25, 0.3) is 0 Å². The van der Waals surface area contributed by atoms with Gasteiger partial charge in [0.2, 0.25) is 0 Å². The number of nitrogens with one attached hydrogen (secondary N) is 2. The van der Waals surface area contributed by atoms with Crippen LogP contribution in [-0.2, 0) is 11.2 Å². The van der Waals surface area contributed by atoms with Gasteiger partial charge in [-0.3, -0.25) is 10.1 Å². The van der Waals surface area contributed by atoms with Crippen molar-refractivity contribution in [2.75, 3.05) is 10.6 Å². The van der Waals surface area contributed by atoms with Crippen molar-refractivity contribution in [3.05, 3.63) is 86.3 Å². The molecule has 4 rings (SSSR count). The van der Waals surface area contributed by atoms with Crippen LogP contribution in [0.1, 0.15) is 72.5 Å². The van der Waals surface area contributed by atoms with Gasteiger partial charge in [0.05, 0.1) is 16.4 Å². The van der Waals surface area contributed by atoms with E-state index >= 15 is 0 Å². The van der Waals surface area contributed by atoms with Gasteiger partial charge in [0.1, 0.15) is 6.10 Å². The van der Waals surface area contributed by atoms with Crippen LogP contribution in [0, 0.1) is 6.92 Å². The fourth-order valence-electron chi connectivity index (χ4n) is 4.62. The maximum Gasteiger partial charge on any atom is 0.411 e. The molecule has 1 fully saturated rings. The van der Waals surface area contributed by atoms with E-state index in [1.165, 1.54) is 5.56 Å². The van der Waals surface area contributed by atoms with Crippen molar-refractivity contribution < 1.29 is 14.3 Å². The van der Waals surface area contributed by atoms with Crippen LogP contribution in [-0.4, -0.2) is 18.0 Å². The molecule has 1 amide bonds. The van der Waals surface area contributed by atoms with Crippen molar-refractivity contribution in [2.45, 2.75) is 64.9 Å². The first-order valence-corrected chi connectivity index (χ1v) is 14.0. The molecule has 1 aliphatic carbocycles. The highest BCUT2D eigenvalue weighted by Crippen LogP contribution is 2.32. The van der Waals surface area contributed by atoms with Crippen LogP contribution in [0.5, 0.6) is 0 Å². The van der Waals surface area contributed by atoms with Crippen molar-refractivity contribution >= 4 is 56.5 Å². The van der Waals surface area contributed by atoms with Gasteiger partial charge in [0.15, 0.2) is 5.78 Å². The fourth-order valence-corrected chi connectivity index (χ4v) is 5.25. The number of halogens is 2. The minimum atomic E-state index is -0.469. The summed E-state index contributed by atoms with van der Waals surface area (Å²) >= 11 is 10.0. The topological polar surface area (TPSA) is 67.4 Å². The Morgan fingerprint density at radius 1 is 1.00 bits per heavy atom. The Balaban J connectivity index is 1.49. The SMILES string of the molecule is CCCCc1ccc(C(=O)c2ccc(Nc3ccc(Br)cc3NC(=O)OC3CCCC3)cc2Cl)c(C)c1. The van der Waals surface area contributed by atoms with Crippen LogP contribution in [0.15, 0.2) is 59.1 Å². The molecule has 0 atom stereocenters. The number of aryl methyl sites for hydroxylation is 2. The second-order valence-corrected chi connectivity index (χ2v) is 10.9. The summed E-state index contributed by atoms with van der Waals surface area (Å²) in [5, 5.41) is 6.50. The van der Waals surface area contributed by atoms with Gasteiger partial charge < -0.3 is 10.1 Å². The second-order valence-electron chi connectivity index (χ2n) is 9.53. The van der Waals surface area contributed by atoms with Crippen LogP contribution in [0.4, 0.5) is 21.9 Å². The molecular weight excluding hydrogens is 552 g/mol.